The zero-order valence-corrected chi connectivity index (χ0v) is 30.9. The summed E-state index contributed by atoms with van der Waals surface area (Å²) < 4.78 is 6.24. The monoisotopic (exact) mass is 684 g/mol. The Kier molecular flexibility index (Phi) is 16.6. The summed E-state index contributed by atoms with van der Waals surface area (Å²) in [4.78, 5) is 37.1. The van der Waals surface area contributed by atoms with E-state index in [1.165, 1.54) is 6.42 Å². The van der Waals surface area contributed by atoms with Crippen molar-refractivity contribution in [2.45, 2.75) is 105 Å². The van der Waals surface area contributed by atoms with E-state index >= 15 is 0 Å². The Balaban J connectivity index is 0.000000622. The first-order chi connectivity index (χ1) is 22.3. The molecule has 2 aliphatic carbocycles. The highest BCUT2D eigenvalue weighted by Gasteiger charge is 2.51. The minimum absolute atomic E-state index is 0. The molecule has 2 aliphatic rings. The maximum atomic E-state index is 13.9. The first-order valence-electron chi connectivity index (χ1n) is 17.8. The molecule has 4 N–H and O–H groups in total. The minimum Gasteiger partial charge on any atom is -0.481 e. The van der Waals surface area contributed by atoms with Gasteiger partial charge in [0.05, 0.1) is 23.9 Å². The number of carboxylic acid groups (broad SMARTS) is 1. The molecule has 0 saturated heterocycles. The van der Waals surface area contributed by atoms with Gasteiger partial charge in [0, 0.05) is 0 Å². The van der Waals surface area contributed by atoms with Gasteiger partial charge in [-0.2, -0.15) is 0 Å². The molecule has 5 atom stereocenters. The Morgan fingerprint density at radius 2 is 1.50 bits per heavy atom. The van der Waals surface area contributed by atoms with E-state index in [9.17, 15) is 14.4 Å². The van der Waals surface area contributed by atoms with Crippen LogP contribution in [0.3, 0.4) is 0 Å². The lowest BCUT2D eigenvalue weighted by Crippen LogP contribution is -2.53. The number of carboxylic acids is 1. The van der Waals surface area contributed by atoms with Crippen molar-refractivity contribution in [1.29, 1.82) is 0 Å². The van der Waals surface area contributed by atoms with Gasteiger partial charge in [0.2, 0.25) is 5.91 Å². The summed E-state index contributed by atoms with van der Waals surface area (Å²) in [7, 11) is 0. The quantitative estimate of drug-likeness (QED) is 0.194. The lowest BCUT2D eigenvalue weighted by molar-refractivity contribution is -0.165. The van der Waals surface area contributed by atoms with Crippen molar-refractivity contribution in [3.8, 4) is 0 Å². The summed E-state index contributed by atoms with van der Waals surface area (Å²) in [6.07, 6.45) is 8.40. The average molecular weight is 685 g/mol. The number of aryl methyl sites for hydroxylation is 1. The zero-order chi connectivity index (χ0) is 34.6. The molecular formula is C40H61ClN2O5. The largest absolute Gasteiger partial charge is 0.481 e. The van der Waals surface area contributed by atoms with Crippen molar-refractivity contribution in [2.24, 2.45) is 46.7 Å². The number of rotatable bonds is 12. The number of hydrogen-bond donors (Lipinski definition) is 3. The molecule has 2 fully saturated rings. The van der Waals surface area contributed by atoms with Crippen LogP contribution < -0.4 is 11.1 Å². The third kappa shape index (κ3) is 10.8. The molecule has 2 saturated carbocycles. The Labute approximate surface area is 295 Å². The van der Waals surface area contributed by atoms with Crippen LogP contribution in [0.4, 0.5) is 0 Å². The highest BCUT2D eigenvalue weighted by atomic mass is 35.5. The molecule has 8 heteroatoms. The second-order valence-electron chi connectivity index (χ2n) is 15.0. The van der Waals surface area contributed by atoms with E-state index < -0.39 is 11.5 Å². The van der Waals surface area contributed by atoms with Gasteiger partial charge in [0.25, 0.3) is 0 Å². The van der Waals surface area contributed by atoms with E-state index in [1.807, 2.05) is 48.5 Å². The molecule has 4 rings (SSSR count). The fourth-order valence-electron chi connectivity index (χ4n) is 8.28. The molecule has 7 nitrogen and oxygen atoms in total. The van der Waals surface area contributed by atoms with Gasteiger partial charge in [-0.25, -0.2) is 0 Å². The number of halogens is 1. The van der Waals surface area contributed by atoms with Gasteiger partial charge < -0.3 is 20.9 Å². The molecule has 2 aromatic carbocycles. The number of amides is 1. The predicted molar refractivity (Wildman–Crippen MR) is 196 cm³/mol. The van der Waals surface area contributed by atoms with E-state index in [4.69, 9.17) is 15.6 Å². The second-order valence-corrected chi connectivity index (χ2v) is 15.0. The number of carbonyl (C=O) groups excluding carboxylic acids is 2. The zero-order valence-electron chi connectivity index (χ0n) is 30.1. The minimum atomic E-state index is -0.873. The molecule has 0 aromatic heterocycles. The number of benzene rings is 2. The van der Waals surface area contributed by atoms with Crippen LogP contribution in [0.1, 0.15) is 104 Å². The van der Waals surface area contributed by atoms with Crippen molar-refractivity contribution in [3.63, 3.8) is 0 Å². The van der Waals surface area contributed by atoms with Crippen molar-refractivity contribution >= 4 is 30.3 Å². The lowest BCUT2D eigenvalue weighted by Gasteiger charge is -2.51. The lowest BCUT2D eigenvalue weighted by atomic mass is 9.54. The van der Waals surface area contributed by atoms with Crippen LogP contribution in [-0.2, 0) is 31.1 Å². The van der Waals surface area contributed by atoms with Crippen LogP contribution in [0.2, 0.25) is 0 Å². The summed E-state index contributed by atoms with van der Waals surface area (Å²) >= 11 is 0. The first kappa shape index (κ1) is 41.3. The molecule has 0 aliphatic heterocycles. The normalized spacial score (nSPS) is 23.1. The highest BCUT2D eigenvalue weighted by molar-refractivity contribution is 5.85. The standard InChI is InChI=1S/C32H46N2O3.C8H14O2.ClH/c1-23(2)32(24(3)4)19-16-25(5)20-28(32)30(36)37-22-31(34-29(35)21-33,27-14-10-7-11-15-27)18-17-26-12-8-6-9-13-26;1-6-3-2-4-7(5-6)8(9)10;/h6-15,23-25,28H,16-22,33H2,1-5H3,(H,34,35);6-7H,2-5H2,1H3,(H,9,10);1H/t25-,28+,31+;;/m1../s1. The molecule has 0 bridgehead atoms. The van der Waals surface area contributed by atoms with E-state index in [1.54, 1.807) is 0 Å². The van der Waals surface area contributed by atoms with Crippen LogP contribution in [0.15, 0.2) is 60.7 Å². The van der Waals surface area contributed by atoms with Crippen molar-refractivity contribution in [3.05, 3.63) is 71.8 Å². The molecular weight excluding hydrogens is 624 g/mol. The van der Waals surface area contributed by atoms with E-state index in [0.717, 1.165) is 56.1 Å². The summed E-state index contributed by atoms with van der Waals surface area (Å²) in [5.41, 5.74) is 6.84. The molecule has 0 heterocycles. The fourth-order valence-corrected chi connectivity index (χ4v) is 8.28. The molecule has 268 valence electrons. The summed E-state index contributed by atoms with van der Waals surface area (Å²) in [5, 5.41) is 11.8. The van der Waals surface area contributed by atoms with Crippen molar-refractivity contribution < 1.29 is 24.2 Å². The smallest absolute Gasteiger partial charge is 0.309 e. The number of ether oxygens (including phenoxy) is 1. The second kappa shape index (κ2) is 19.3. The summed E-state index contributed by atoms with van der Waals surface area (Å²) in [5.74, 6) is 0.609. The molecule has 1 amide bonds. The van der Waals surface area contributed by atoms with Gasteiger partial charge in [-0.15, -0.1) is 12.4 Å². The number of hydrogen-bond acceptors (Lipinski definition) is 5. The van der Waals surface area contributed by atoms with Crippen LogP contribution in [0.5, 0.6) is 0 Å². The maximum Gasteiger partial charge on any atom is 0.309 e. The predicted octanol–water partition coefficient (Wildman–Crippen LogP) is 8.19. The molecule has 2 aromatic rings. The number of carbonyl (C=O) groups is 3. The van der Waals surface area contributed by atoms with Crippen LogP contribution in [0.25, 0.3) is 0 Å². The number of nitrogens with one attached hydrogen (secondary N) is 1. The first-order valence-corrected chi connectivity index (χ1v) is 17.8. The topological polar surface area (TPSA) is 119 Å². The molecule has 48 heavy (non-hydrogen) atoms. The van der Waals surface area contributed by atoms with Gasteiger partial charge >= 0.3 is 11.9 Å². The Morgan fingerprint density at radius 3 is 2.02 bits per heavy atom. The Bertz CT molecular complexity index is 1260. The SMILES string of the molecule is CC(C)C1(C(C)C)CC[C@@H](C)C[C@H]1C(=O)OC[C@](CCc1ccccc1)(NC(=O)CN)c1ccccc1.CC1CCCC(C(=O)O)C1.Cl. The number of nitrogens with two attached hydrogens (primary N) is 1. The van der Waals surface area contributed by atoms with Gasteiger partial charge in [-0.3, -0.25) is 14.4 Å². The van der Waals surface area contributed by atoms with E-state index in [0.29, 0.717) is 30.1 Å². The van der Waals surface area contributed by atoms with Gasteiger partial charge in [0.15, 0.2) is 0 Å². The van der Waals surface area contributed by atoms with Gasteiger partial charge in [0.1, 0.15) is 6.61 Å². The fraction of sp³-hybridized carbons (Fsp3) is 0.625. The third-order valence-corrected chi connectivity index (χ3v) is 11.1. The van der Waals surface area contributed by atoms with Gasteiger partial charge in [-0.1, -0.05) is 121 Å². The summed E-state index contributed by atoms with van der Waals surface area (Å²) in [6, 6.07) is 20.0. The Hall–Kier alpha value is -2.90. The van der Waals surface area contributed by atoms with Crippen molar-refractivity contribution in [1.82, 2.24) is 5.32 Å². The number of esters is 1. The third-order valence-electron chi connectivity index (χ3n) is 11.1. The van der Waals surface area contributed by atoms with Crippen LogP contribution >= 0.6 is 12.4 Å². The Morgan fingerprint density at radius 1 is 0.917 bits per heavy atom. The van der Waals surface area contributed by atoms with Gasteiger partial charge in [-0.05, 0) is 78.7 Å². The van der Waals surface area contributed by atoms with Crippen LogP contribution in [-0.4, -0.2) is 36.1 Å². The molecule has 0 spiro atoms. The summed E-state index contributed by atoms with van der Waals surface area (Å²) in [6.45, 7) is 13.3. The number of aliphatic carboxylic acids is 1. The maximum absolute atomic E-state index is 13.9. The van der Waals surface area contributed by atoms with E-state index in [2.05, 4.69) is 59.0 Å². The highest BCUT2D eigenvalue weighted by Crippen LogP contribution is 2.53. The van der Waals surface area contributed by atoms with Crippen molar-refractivity contribution in [2.75, 3.05) is 13.2 Å². The van der Waals surface area contributed by atoms with Crippen LogP contribution in [0, 0.1) is 40.9 Å². The van der Waals surface area contributed by atoms with E-state index in [-0.39, 0.29) is 54.7 Å². The average Bonchev–Trinajstić information content (AvgIpc) is 3.06. The molecule has 0 radical (unpaired) electrons. The molecule has 2 unspecified atom stereocenters.